The third-order valence-electron chi connectivity index (χ3n) is 1.53. The lowest BCUT2D eigenvalue weighted by Gasteiger charge is -2.16. The summed E-state index contributed by atoms with van der Waals surface area (Å²) in [4.78, 5) is 11.2. The molecule has 66 valence electrons. The lowest BCUT2D eigenvalue weighted by molar-refractivity contribution is -0.150. The van der Waals surface area contributed by atoms with Gasteiger partial charge in [-0.1, -0.05) is 6.08 Å². The van der Waals surface area contributed by atoms with Gasteiger partial charge in [-0.2, -0.15) is 5.26 Å². The minimum atomic E-state index is -1.07. The Morgan fingerprint density at radius 1 is 1.83 bits per heavy atom. The molecule has 0 amide bonds. The van der Waals surface area contributed by atoms with Gasteiger partial charge in [-0.3, -0.25) is 4.79 Å². The molecule has 0 aromatic heterocycles. The summed E-state index contributed by atoms with van der Waals surface area (Å²) in [5.41, 5.74) is -1.07. The van der Waals surface area contributed by atoms with Gasteiger partial charge in [0.05, 0.1) is 12.7 Å². The summed E-state index contributed by atoms with van der Waals surface area (Å²) in [7, 11) is 0. The number of carbonyl (C=O) groups excluding carboxylic acids is 1. The number of carbonyl (C=O) groups is 1. The maximum absolute atomic E-state index is 11.2. The van der Waals surface area contributed by atoms with Crippen LogP contribution < -0.4 is 0 Å². The molecule has 0 aliphatic heterocycles. The van der Waals surface area contributed by atoms with Crippen LogP contribution in [0.2, 0.25) is 0 Å². The Hall–Kier alpha value is -1.30. The van der Waals surface area contributed by atoms with Crippen LogP contribution in [0.25, 0.3) is 0 Å². The number of nitriles is 1. The highest BCUT2D eigenvalue weighted by atomic mass is 16.5. The van der Waals surface area contributed by atoms with Crippen molar-refractivity contribution >= 4 is 5.97 Å². The van der Waals surface area contributed by atoms with Gasteiger partial charge in [0.1, 0.15) is 0 Å². The van der Waals surface area contributed by atoms with Crippen LogP contribution in [-0.4, -0.2) is 12.6 Å². The molecule has 1 unspecified atom stereocenters. The first-order chi connectivity index (χ1) is 5.60. The smallest absolute Gasteiger partial charge is 0.326 e. The predicted molar refractivity (Wildman–Crippen MR) is 45.2 cm³/mol. The predicted octanol–water partition coefficient (Wildman–Crippen LogP) is 1.66. The number of rotatable bonds is 4. The molecule has 0 radical (unpaired) electrons. The number of hydrogen-bond donors (Lipinski definition) is 0. The highest BCUT2D eigenvalue weighted by Crippen LogP contribution is 2.22. The van der Waals surface area contributed by atoms with Crippen LogP contribution in [0.15, 0.2) is 12.7 Å². The second-order valence-electron chi connectivity index (χ2n) is 2.66. The average Bonchev–Trinajstić information content (AvgIpc) is 2.05. The topological polar surface area (TPSA) is 50.1 Å². The minimum Gasteiger partial charge on any atom is -0.465 e. The van der Waals surface area contributed by atoms with E-state index in [4.69, 9.17) is 10.00 Å². The van der Waals surface area contributed by atoms with E-state index in [0.29, 0.717) is 13.0 Å². The van der Waals surface area contributed by atoms with Gasteiger partial charge in [0.15, 0.2) is 5.41 Å². The monoisotopic (exact) mass is 167 g/mol. The summed E-state index contributed by atoms with van der Waals surface area (Å²) in [6.45, 7) is 7.04. The van der Waals surface area contributed by atoms with Crippen LogP contribution in [-0.2, 0) is 9.53 Å². The minimum absolute atomic E-state index is 0.299. The Morgan fingerprint density at radius 2 is 2.42 bits per heavy atom. The third-order valence-corrected chi connectivity index (χ3v) is 1.53. The Morgan fingerprint density at radius 3 is 2.75 bits per heavy atom. The molecular formula is C9H13NO2. The summed E-state index contributed by atoms with van der Waals surface area (Å²) in [6, 6.07) is 1.92. The van der Waals surface area contributed by atoms with Crippen LogP contribution in [0, 0.1) is 16.7 Å². The maximum Gasteiger partial charge on any atom is 0.326 e. The van der Waals surface area contributed by atoms with Gasteiger partial charge in [0, 0.05) is 0 Å². The van der Waals surface area contributed by atoms with Crippen molar-refractivity contribution in [1.82, 2.24) is 0 Å². The Kier molecular flexibility index (Phi) is 4.06. The van der Waals surface area contributed by atoms with Gasteiger partial charge in [-0.15, -0.1) is 6.58 Å². The third kappa shape index (κ3) is 2.39. The molecule has 12 heavy (non-hydrogen) atoms. The zero-order valence-corrected chi connectivity index (χ0v) is 7.46. The van der Waals surface area contributed by atoms with E-state index in [2.05, 4.69) is 6.58 Å². The van der Waals surface area contributed by atoms with Crippen LogP contribution >= 0.6 is 0 Å². The number of allylic oxidation sites excluding steroid dienone is 1. The number of ether oxygens (including phenoxy) is 1. The summed E-state index contributed by atoms with van der Waals surface area (Å²) in [6.07, 6.45) is 1.86. The van der Waals surface area contributed by atoms with Crippen molar-refractivity contribution in [2.75, 3.05) is 6.61 Å². The maximum atomic E-state index is 11.2. The summed E-state index contributed by atoms with van der Waals surface area (Å²) >= 11 is 0. The Labute approximate surface area is 72.6 Å². The van der Waals surface area contributed by atoms with Crippen molar-refractivity contribution in [3.63, 3.8) is 0 Å². The molecule has 0 aromatic rings. The molecule has 0 aliphatic rings. The van der Waals surface area contributed by atoms with Gasteiger partial charge < -0.3 is 4.74 Å². The second-order valence-corrected chi connectivity index (χ2v) is 2.66. The van der Waals surface area contributed by atoms with E-state index in [1.165, 1.54) is 0 Å². The van der Waals surface area contributed by atoms with Crippen molar-refractivity contribution in [2.24, 2.45) is 5.41 Å². The zero-order chi connectivity index (χ0) is 9.61. The molecule has 3 nitrogen and oxygen atoms in total. The molecule has 0 N–H and O–H groups in total. The van der Waals surface area contributed by atoms with Gasteiger partial charge in [0.2, 0.25) is 0 Å². The van der Waals surface area contributed by atoms with E-state index >= 15 is 0 Å². The van der Waals surface area contributed by atoms with Crippen LogP contribution in [0.5, 0.6) is 0 Å². The summed E-state index contributed by atoms with van der Waals surface area (Å²) in [5.74, 6) is -0.479. The Bertz CT molecular complexity index is 217. The van der Waals surface area contributed by atoms with Crippen molar-refractivity contribution in [3.05, 3.63) is 12.7 Å². The van der Waals surface area contributed by atoms with E-state index in [9.17, 15) is 4.79 Å². The molecule has 0 fully saturated rings. The van der Waals surface area contributed by atoms with E-state index < -0.39 is 11.4 Å². The van der Waals surface area contributed by atoms with Gasteiger partial charge in [0.25, 0.3) is 0 Å². The molecule has 0 bridgehead atoms. The van der Waals surface area contributed by atoms with Crippen LogP contribution in [0.1, 0.15) is 20.3 Å². The van der Waals surface area contributed by atoms with Crippen molar-refractivity contribution < 1.29 is 9.53 Å². The SMILES string of the molecule is C=CCC(C)(C#N)C(=O)OCC. The lowest BCUT2D eigenvalue weighted by Crippen LogP contribution is -2.27. The van der Waals surface area contributed by atoms with Gasteiger partial charge in [-0.05, 0) is 20.3 Å². The van der Waals surface area contributed by atoms with Crippen molar-refractivity contribution in [2.45, 2.75) is 20.3 Å². The van der Waals surface area contributed by atoms with E-state index in [-0.39, 0.29) is 0 Å². The highest BCUT2D eigenvalue weighted by molar-refractivity contribution is 5.79. The second kappa shape index (κ2) is 4.55. The van der Waals surface area contributed by atoms with Crippen molar-refractivity contribution in [1.29, 1.82) is 5.26 Å². The molecule has 0 aliphatic carbocycles. The molecule has 0 saturated carbocycles. The first-order valence-corrected chi connectivity index (χ1v) is 3.80. The number of hydrogen-bond acceptors (Lipinski definition) is 3. The molecule has 3 heteroatoms. The van der Waals surface area contributed by atoms with Crippen LogP contribution in [0.3, 0.4) is 0 Å². The highest BCUT2D eigenvalue weighted by Gasteiger charge is 2.33. The fourth-order valence-corrected chi connectivity index (χ4v) is 0.754. The normalized spacial score (nSPS) is 14.1. The first-order valence-electron chi connectivity index (χ1n) is 3.80. The standard InChI is InChI=1S/C9H13NO2/c1-4-6-9(3,7-10)8(11)12-5-2/h4H,1,5-6H2,2-3H3. The van der Waals surface area contributed by atoms with Crippen molar-refractivity contribution in [3.8, 4) is 6.07 Å². The fraction of sp³-hybridized carbons (Fsp3) is 0.556. The van der Waals surface area contributed by atoms with Gasteiger partial charge in [-0.25, -0.2) is 0 Å². The lowest BCUT2D eigenvalue weighted by atomic mass is 9.89. The number of nitrogens with zero attached hydrogens (tertiary/aromatic N) is 1. The summed E-state index contributed by atoms with van der Waals surface area (Å²) < 4.78 is 4.74. The van der Waals surface area contributed by atoms with E-state index in [0.717, 1.165) is 0 Å². The van der Waals surface area contributed by atoms with Crippen LogP contribution in [0.4, 0.5) is 0 Å². The van der Waals surface area contributed by atoms with E-state index in [1.807, 2.05) is 6.07 Å². The molecular weight excluding hydrogens is 154 g/mol. The molecule has 0 spiro atoms. The first kappa shape index (κ1) is 10.7. The largest absolute Gasteiger partial charge is 0.465 e. The molecule has 0 saturated heterocycles. The fourth-order valence-electron chi connectivity index (χ4n) is 0.754. The zero-order valence-electron chi connectivity index (χ0n) is 7.46. The quantitative estimate of drug-likeness (QED) is 0.472. The van der Waals surface area contributed by atoms with E-state index in [1.54, 1.807) is 19.9 Å². The number of esters is 1. The average molecular weight is 167 g/mol. The summed E-state index contributed by atoms with van der Waals surface area (Å²) in [5, 5.41) is 8.71. The molecule has 0 aromatic carbocycles. The molecule has 0 heterocycles. The molecule has 1 atom stereocenters. The molecule has 0 rings (SSSR count). The Balaban J connectivity index is 4.42. The van der Waals surface area contributed by atoms with Gasteiger partial charge >= 0.3 is 5.97 Å².